The molecular formula is C24H23FN4O2. The van der Waals surface area contributed by atoms with Gasteiger partial charge in [-0.15, -0.1) is 0 Å². The smallest absolute Gasteiger partial charge is 0.255 e. The number of hydrogen-bond acceptors (Lipinski definition) is 5. The van der Waals surface area contributed by atoms with E-state index >= 15 is 0 Å². The van der Waals surface area contributed by atoms with Gasteiger partial charge in [0.05, 0.1) is 11.8 Å². The van der Waals surface area contributed by atoms with E-state index in [1.807, 2.05) is 6.92 Å². The monoisotopic (exact) mass is 418 g/mol. The van der Waals surface area contributed by atoms with E-state index in [2.05, 4.69) is 10.3 Å². The van der Waals surface area contributed by atoms with Gasteiger partial charge in [0.2, 0.25) is 0 Å². The third kappa shape index (κ3) is 5.26. The number of aromatic nitrogens is 1. The second-order valence-electron chi connectivity index (χ2n) is 7.08. The average molecular weight is 418 g/mol. The van der Waals surface area contributed by atoms with Crippen LogP contribution in [0.4, 0.5) is 10.1 Å². The fraction of sp³-hybridized carbons (Fsp3) is 0.167. The van der Waals surface area contributed by atoms with E-state index in [0.29, 0.717) is 28.8 Å². The predicted molar refractivity (Wildman–Crippen MR) is 118 cm³/mol. The molecule has 0 saturated heterocycles. The molecular weight excluding hydrogens is 395 g/mol. The van der Waals surface area contributed by atoms with Crippen LogP contribution in [0.1, 0.15) is 46.8 Å². The van der Waals surface area contributed by atoms with Crippen LogP contribution in [-0.4, -0.2) is 22.4 Å². The van der Waals surface area contributed by atoms with Crippen molar-refractivity contribution < 1.29 is 14.0 Å². The first-order valence-electron chi connectivity index (χ1n) is 9.85. The molecule has 7 heteroatoms. The first kappa shape index (κ1) is 22.0. The number of nitrogens with two attached hydrogens (primary N) is 1. The molecule has 158 valence electrons. The van der Waals surface area contributed by atoms with Crippen molar-refractivity contribution in [2.75, 3.05) is 5.32 Å². The van der Waals surface area contributed by atoms with Crippen LogP contribution in [0.25, 0.3) is 0 Å². The van der Waals surface area contributed by atoms with Crippen LogP contribution in [0, 0.1) is 11.2 Å². The van der Waals surface area contributed by atoms with Gasteiger partial charge in [0.1, 0.15) is 5.82 Å². The van der Waals surface area contributed by atoms with Crippen LogP contribution >= 0.6 is 0 Å². The van der Waals surface area contributed by atoms with Crippen LogP contribution in [0.5, 0.6) is 0 Å². The third-order valence-electron chi connectivity index (χ3n) is 5.03. The van der Waals surface area contributed by atoms with Gasteiger partial charge in [-0.2, -0.15) is 0 Å². The van der Waals surface area contributed by atoms with Gasteiger partial charge < -0.3 is 16.5 Å². The number of anilines is 1. The Morgan fingerprint density at radius 1 is 1.06 bits per heavy atom. The number of carbonyl (C=O) groups excluding carboxylic acids is 2. The van der Waals surface area contributed by atoms with Gasteiger partial charge in [0, 0.05) is 29.6 Å². The van der Waals surface area contributed by atoms with Crippen molar-refractivity contribution in [3.05, 3.63) is 95.6 Å². The lowest BCUT2D eigenvalue weighted by molar-refractivity contribution is -0.114. The first-order valence-corrected chi connectivity index (χ1v) is 9.85. The van der Waals surface area contributed by atoms with Crippen LogP contribution in [0.15, 0.2) is 73.1 Å². The summed E-state index contributed by atoms with van der Waals surface area (Å²) in [7, 11) is 0. The lowest BCUT2D eigenvalue weighted by Crippen LogP contribution is -2.31. The molecule has 1 heterocycles. The van der Waals surface area contributed by atoms with E-state index in [1.54, 1.807) is 60.9 Å². The van der Waals surface area contributed by atoms with Crippen LogP contribution in [-0.2, 0) is 4.79 Å². The molecule has 1 amide bonds. The molecule has 3 aromatic rings. The summed E-state index contributed by atoms with van der Waals surface area (Å²) in [6.45, 7) is 1.83. The maximum absolute atomic E-state index is 13.6. The molecule has 0 unspecified atom stereocenters. The molecule has 0 aliphatic heterocycles. The number of amides is 1. The van der Waals surface area contributed by atoms with E-state index in [4.69, 9.17) is 11.1 Å². The minimum absolute atomic E-state index is 0.167. The SMILES string of the molecule is CC[C@H](C(=N)C(=O)[C@H](N)c1ccc(C(=O)Nc2ccncc2)cc1)c1cccc(F)c1. The van der Waals surface area contributed by atoms with Gasteiger partial charge in [-0.1, -0.05) is 31.2 Å². The Morgan fingerprint density at radius 2 is 1.74 bits per heavy atom. The number of halogens is 1. The highest BCUT2D eigenvalue weighted by Crippen LogP contribution is 2.25. The van der Waals surface area contributed by atoms with Gasteiger partial charge in [-0.05, 0) is 53.9 Å². The fourth-order valence-corrected chi connectivity index (χ4v) is 3.30. The quantitative estimate of drug-likeness (QED) is 0.475. The summed E-state index contributed by atoms with van der Waals surface area (Å²) in [5.74, 6) is -1.80. The van der Waals surface area contributed by atoms with Crippen molar-refractivity contribution in [2.24, 2.45) is 5.73 Å². The molecule has 0 aliphatic carbocycles. The molecule has 0 radical (unpaired) electrons. The molecule has 0 spiro atoms. The standard InChI is InChI=1S/C24H23FN4O2/c1-2-20(17-4-3-5-18(25)14-17)22(27)23(30)21(26)15-6-8-16(9-7-15)24(31)29-19-10-12-28-13-11-19/h3-14,20-21,27H,2,26H2,1H3,(H,28,29,31)/t20-,21+/m0/s1. The number of ketones is 1. The van der Waals surface area contributed by atoms with E-state index in [0.717, 1.165) is 0 Å². The Hall–Kier alpha value is -3.71. The Bertz CT molecular complexity index is 1080. The molecule has 6 nitrogen and oxygen atoms in total. The summed E-state index contributed by atoms with van der Waals surface area (Å²) >= 11 is 0. The van der Waals surface area contributed by atoms with Crippen molar-refractivity contribution >= 4 is 23.1 Å². The molecule has 1 aromatic heterocycles. The number of pyridine rings is 1. The number of carbonyl (C=O) groups is 2. The number of nitrogens with one attached hydrogen (secondary N) is 2. The number of rotatable bonds is 8. The van der Waals surface area contributed by atoms with Gasteiger partial charge in [0.15, 0.2) is 5.78 Å². The molecule has 3 rings (SSSR count). The maximum atomic E-state index is 13.6. The largest absolute Gasteiger partial charge is 0.322 e. The second kappa shape index (κ2) is 9.86. The minimum Gasteiger partial charge on any atom is -0.322 e. The zero-order chi connectivity index (χ0) is 22.4. The zero-order valence-corrected chi connectivity index (χ0v) is 17.0. The lowest BCUT2D eigenvalue weighted by atomic mass is 9.86. The van der Waals surface area contributed by atoms with E-state index in [-0.39, 0.29) is 11.6 Å². The molecule has 4 N–H and O–H groups in total. The van der Waals surface area contributed by atoms with E-state index < -0.39 is 23.6 Å². The van der Waals surface area contributed by atoms with E-state index in [1.165, 1.54) is 12.1 Å². The fourth-order valence-electron chi connectivity index (χ4n) is 3.30. The molecule has 2 aromatic carbocycles. The van der Waals surface area contributed by atoms with Crippen LogP contribution in [0.3, 0.4) is 0 Å². The minimum atomic E-state index is -1.05. The van der Waals surface area contributed by atoms with Crippen molar-refractivity contribution in [1.82, 2.24) is 4.98 Å². The number of benzene rings is 2. The highest BCUT2D eigenvalue weighted by molar-refractivity contribution is 6.42. The Labute approximate surface area is 179 Å². The number of hydrogen-bond donors (Lipinski definition) is 3. The van der Waals surface area contributed by atoms with Gasteiger partial charge in [-0.25, -0.2) is 4.39 Å². The molecule has 31 heavy (non-hydrogen) atoms. The topological polar surface area (TPSA) is 109 Å². The van der Waals surface area contributed by atoms with Crippen molar-refractivity contribution in [3.63, 3.8) is 0 Å². The summed E-state index contributed by atoms with van der Waals surface area (Å²) in [5.41, 5.74) is 8.03. The molecule has 0 bridgehead atoms. The Balaban J connectivity index is 1.71. The van der Waals surface area contributed by atoms with Gasteiger partial charge in [-0.3, -0.25) is 14.6 Å². The highest BCUT2D eigenvalue weighted by Gasteiger charge is 2.27. The number of nitrogens with zero attached hydrogens (tertiary/aromatic N) is 1. The summed E-state index contributed by atoms with van der Waals surface area (Å²) < 4.78 is 13.6. The van der Waals surface area contributed by atoms with Crippen LogP contribution in [0.2, 0.25) is 0 Å². The lowest BCUT2D eigenvalue weighted by Gasteiger charge is -2.19. The normalized spacial score (nSPS) is 12.6. The summed E-state index contributed by atoms with van der Waals surface area (Å²) in [6, 6.07) is 14.6. The van der Waals surface area contributed by atoms with Gasteiger partial charge in [0.25, 0.3) is 5.91 Å². The molecule has 2 atom stereocenters. The maximum Gasteiger partial charge on any atom is 0.255 e. The second-order valence-corrected chi connectivity index (χ2v) is 7.08. The predicted octanol–water partition coefficient (Wildman–Crippen LogP) is 4.26. The Kier molecular flexibility index (Phi) is 6.99. The third-order valence-corrected chi connectivity index (χ3v) is 5.03. The summed E-state index contributed by atoms with van der Waals surface area (Å²) in [6.07, 6.45) is 3.62. The van der Waals surface area contributed by atoms with Crippen molar-refractivity contribution in [1.29, 1.82) is 5.41 Å². The summed E-state index contributed by atoms with van der Waals surface area (Å²) in [5, 5.41) is 11.1. The zero-order valence-electron chi connectivity index (χ0n) is 17.0. The highest BCUT2D eigenvalue weighted by atomic mass is 19.1. The number of Topliss-reactive ketones (excluding diaryl/α,β-unsaturated/α-hetero) is 1. The van der Waals surface area contributed by atoms with Crippen molar-refractivity contribution in [2.45, 2.75) is 25.3 Å². The van der Waals surface area contributed by atoms with Gasteiger partial charge >= 0.3 is 0 Å². The molecule has 0 saturated carbocycles. The van der Waals surface area contributed by atoms with Crippen LogP contribution < -0.4 is 11.1 Å². The average Bonchev–Trinajstić information content (AvgIpc) is 2.79. The summed E-state index contributed by atoms with van der Waals surface area (Å²) in [4.78, 5) is 29.1. The Morgan fingerprint density at radius 3 is 2.35 bits per heavy atom. The van der Waals surface area contributed by atoms with E-state index in [9.17, 15) is 14.0 Å². The molecule has 0 fully saturated rings. The first-order chi connectivity index (χ1) is 14.9. The van der Waals surface area contributed by atoms with Crippen molar-refractivity contribution in [3.8, 4) is 0 Å². The molecule has 0 aliphatic rings.